The Morgan fingerprint density at radius 2 is 2.35 bits per heavy atom. The van der Waals surface area contributed by atoms with Crippen molar-refractivity contribution in [3.05, 3.63) is 23.0 Å². The number of H-pyrrole nitrogens is 1. The van der Waals surface area contributed by atoms with Gasteiger partial charge in [-0.1, -0.05) is 11.6 Å². The maximum atomic E-state index is 11.6. The lowest BCUT2D eigenvalue weighted by molar-refractivity contribution is -0.139. The van der Waals surface area contributed by atoms with Gasteiger partial charge in [-0.05, 0) is 6.07 Å². The number of aliphatic carboxylic acids is 1. The number of rotatable bonds is 6. The lowest BCUT2D eigenvalue weighted by Gasteiger charge is -2.13. The number of carboxylic acid groups (broad SMARTS) is 1. The van der Waals surface area contributed by atoms with Crippen molar-refractivity contribution in [2.45, 2.75) is 12.5 Å². The molecule has 94 valence electrons. The molecule has 1 amide bonds. The van der Waals surface area contributed by atoms with E-state index >= 15 is 0 Å². The molecular weight excluding hydrogens is 248 g/mol. The summed E-state index contributed by atoms with van der Waals surface area (Å²) in [5.41, 5.74) is 0.221. The van der Waals surface area contributed by atoms with Gasteiger partial charge in [-0.3, -0.25) is 4.79 Å². The Kier molecular flexibility index (Phi) is 4.99. The molecule has 17 heavy (non-hydrogen) atoms. The Labute approximate surface area is 103 Å². The lowest BCUT2D eigenvalue weighted by Crippen LogP contribution is -2.41. The molecule has 0 saturated heterocycles. The molecule has 0 aromatic carbocycles. The Morgan fingerprint density at radius 3 is 2.82 bits per heavy atom. The molecule has 0 spiro atoms. The highest BCUT2D eigenvalue weighted by atomic mass is 35.5. The van der Waals surface area contributed by atoms with E-state index in [1.54, 1.807) is 0 Å². The van der Waals surface area contributed by atoms with Crippen LogP contribution in [0.5, 0.6) is 0 Å². The summed E-state index contributed by atoms with van der Waals surface area (Å²) in [6.07, 6.45) is 1.65. The van der Waals surface area contributed by atoms with Gasteiger partial charge in [-0.2, -0.15) is 0 Å². The maximum Gasteiger partial charge on any atom is 0.326 e. The summed E-state index contributed by atoms with van der Waals surface area (Å²) in [5, 5.41) is 11.7. The van der Waals surface area contributed by atoms with Crippen LogP contribution < -0.4 is 5.32 Å². The van der Waals surface area contributed by atoms with Crippen molar-refractivity contribution in [2.75, 3.05) is 13.7 Å². The number of methoxy groups -OCH3 is 1. The normalized spacial score (nSPS) is 12.1. The summed E-state index contributed by atoms with van der Waals surface area (Å²) in [6, 6.07) is 0.441. The van der Waals surface area contributed by atoms with Crippen LogP contribution in [-0.2, 0) is 9.53 Å². The standard InChI is InChI=1S/C10H13ClN2O4/c1-17-3-2-7(10(15)16)13-9(14)8-4-6(11)5-12-8/h4-5,7,12H,2-3H2,1H3,(H,13,14)(H,15,16). The summed E-state index contributed by atoms with van der Waals surface area (Å²) in [7, 11) is 1.46. The Morgan fingerprint density at radius 1 is 1.65 bits per heavy atom. The SMILES string of the molecule is COCCC(NC(=O)c1cc(Cl)c[nH]1)C(=O)O. The molecule has 0 aliphatic rings. The molecule has 6 nitrogen and oxygen atoms in total. The molecule has 1 atom stereocenters. The van der Waals surface area contributed by atoms with Crippen molar-refractivity contribution in [3.63, 3.8) is 0 Å². The van der Waals surface area contributed by atoms with Crippen LogP contribution in [-0.4, -0.2) is 41.7 Å². The number of aromatic amines is 1. The Balaban J connectivity index is 2.60. The van der Waals surface area contributed by atoms with E-state index in [0.29, 0.717) is 5.02 Å². The minimum atomic E-state index is -1.10. The van der Waals surface area contributed by atoms with E-state index in [0.717, 1.165) is 0 Å². The average molecular weight is 261 g/mol. The fourth-order valence-corrected chi connectivity index (χ4v) is 1.39. The number of nitrogens with one attached hydrogen (secondary N) is 2. The van der Waals surface area contributed by atoms with Crippen LogP contribution in [0.25, 0.3) is 0 Å². The lowest BCUT2D eigenvalue weighted by atomic mass is 10.2. The zero-order valence-electron chi connectivity index (χ0n) is 9.20. The zero-order chi connectivity index (χ0) is 12.8. The van der Waals surface area contributed by atoms with E-state index < -0.39 is 17.9 Å². The molecule has 0 fully saturated rings. The number of hydrogen-bond donors (Lipinski definition) is 3. The molecular formula is C10H13ClN2O4. The van der Waals surface area contributed by atoms with E-state index in [4.69, 9.17) is 21.4 Å². The Hall–Kier alpha value is -1.53. The van der Waals surface area contributed by atoms with Crippen molar-refractivity contribution in [1.82, 2.24) is 10.3 Å². The summed E-state index contributed by atoms with van der Waals surface area (Å²) in [4.78, 5) is 25.1. The molecule has 1 rings (SSSR count). The number of aromatic nitrogens is 1. The molecule has 0 saturated carbocycles. The van der Waals surface area contributed by atoms with Gasteiger partial charge in [0, 0.05) is 26.3 Å². The monoisotopic (exact) mass is 260 g/mol. The van der Waals surface area contributed by atoms with Crippen molar-refractivity contribution >= 4 is 23.5 Å². The molecule has 1 heterocycles. The van der Waals surface area contributed by atoms with E-state index in [2.05, 4.69) is 10.3 Å². The quantitative estimate of drug-likeness (QED) is 0.708. The second-order valence-electron chi connectivity index (χ2n) is 3.38. The van der Waals surface area contributed by atoms with E-state index in [9.17, 15) is 9.59 Å². The van der Waals surface area contributed by atoms with Gasteiger partial charge >= 0.3 is 5.97 Å². The zero-order valence-corrected chi connectivity index (χ0v) is 9.95. The summed E-state index contributed by atoms with van der Waals surface area (Å²) < 4.78 is 4.77. The highest BCUT2D eigenvalue weighted by Gasteiger charge is 2.20. The first-order valence-corrected chi connectivity index (χ1v) is 5.29. The van der Waals surface area contributed by atoms with E-state index in [1.165, 1.54) is 19.4 Å². The van der Waals surface area contributed by atoms with Crippen LogP contribution >= 0.6 is 11.6 Å². The minimum absolute atomic E-state index is 0.200. The third kappa shape index (κ3) is 4.08. The van der Waals surface area contributed by atoms with Gasteiger partial charge in [0.25, 0.3) is 5.91 Å². The van der Waals surface area contributed by atoms with Gasteiger partial charge in [-0.15, -0.1) is 0 Å². The minimum Gasteiger partial charge on any atom is -0.480 e. The molecule has 0 aliphatic carbocycles. The maximum absolute atomic E-state index is 11.6. The molecule has 1 aromatic rings. The van der Waals surface area contributed by atoms with Crippen LogP contribution in [0.3, 0.4) is 0 Å². The third-order valence-electron chi connectivity index (χ3n) is 2.11. The first-order valence-electron chi connectivity index (χ1n) is 4.91. The highest BCUT2D eigenvalue weighted by molar-refractivity contribution is 6.30. The van der Waals surface area contributed by atoms with Crippen molar-refractivity contribution in [2.24, 2.45) is 0 Å². The van der Waals surface area contributed by atoms with Gasteiger partial charge in [0.2, 0.25) is 0 Å². The topological polar surface area (TPSA) is 91.4 Å². The number of ether oxygens (including phenoxy) is 1. The molecule has 3 N–H and O–H groups in total. The molecule has 1 aromatic heterocycles. The number of hydrogen-bond acceptors (Lipinski definition) is 3. The average Bonchev–Trinajstić information content (AvgIpc) is 2.70. The fraction of sp³-hybridized carbons (Fsp3) is 0.400. The van der Waals surface area contributed by atoms with Gasteiger partial charge in [-0.25, -0.2) is 4.79 Å². The number of carbonyl (C=O) groups is 2. The van der Waals surface area contributed by atoms with E-state index in [-0.39, 0.29) is 18.7 Å². The van der Waals surface area contributed by atoms with Gasteiger partial charge in [0.05, 0.1) is 5.02 Å². The van der Waals surface area contributed by atoms with Crippen LogP contribution in [0, 0.1) is 0 Å². The second-order valence-corrected chi connectivity index (χ2v) is 3.81. The van der Waals surface area contributed by atoms with Crippen LogP contribution in [0.15, 0.2) is 12.3 Å². The highest BCUT2D eigenvalue weighted by Crippen LogP contribution is 2.09. The summed E-state index contributed by atoms with van der Waals surface area (Å²) in [5.74, 6) is -1.62. The van der Waals surface area contributed by atoms with Crippen LogP contribution in [0.2, 0.25) is 5.02 Å². The predicted molar refractivity (Wildman–Crippen MR) is 61.2 cm³/mol. The van der Waals surface area contributed by atoms with E-state index in [1.807, 2.05) is 0 Å². The molecule has 0 bridgehead atoms. The summed E-state index contributed by atoms with van der Waals surface area (Å²) in [6.45, 7) is 0.253. The number of halogens is 1. The summed E-state index contributed by atoms with van der Waals surface area (Å²) >= 11 is 5.64. The van der Waals surface area contributed by atoms with Crippen molar-refractivity contribution < 1.29 is 19.4 Å². The smallest absolute Gasteiger partial charge is 0.326 e. The first kappa shape index (κ1) is 13.5. The second kappa shape index (κ2) is 6.27. The fourth-order valence-electron chi connectivity index (χ4n) is 1.23. The van der Waals surface area contributed by atoms with Gasteiger partial charge in [0.15, 0.2) is 0 Å². The Bertz CT molecular complexity index is 405. The van der Waals surface area contributed by atoms with Crippen LogP contribution in [0.1, 0.15) is 16.9 Å². The van der Waals surface area contributed by atoms with Gasteiger partial charge in [0.1, 0.15) is 11.7 Å². The van der Waals surface area contributed by atoms with Crippen molar-refractivity contribution in [3.8, 4) is 0 Å². The third-order valence-corrected chi connectivity index (χ3v) is 2.32. The number of carboxylic acids is 1. The molecule has 7 heteroatoms. The van der Waals surface area contributed by atoms with Crippen LogP contribution in [0.4, 0.5) is 0 Å². The number of amides is 1. The molecule has 0 aliphatic heterocycles. The number of carbonyl (C=O) groups excluding carboxylic acids is 1. The predicted octanol–water partition coefficient (Wildman–Crippen LogP) is 0.888. The largest absolute Gasteiger partial charge is 0.480 e. The molecule has 1 unspecified atom stereocenters. The first-order chi connectivity index (χ1) is 8.04. The van der Waals surface area contributed by atoms with Crippen molar-refractivity contribution in [1.29, 1.82) is 0 Å². The molecule has 0 radical (unpaired) electrons. The van der Waals surface area contributed by atoms with Gasteiger partial charge < -0.3 is 20.1 Å².